The molecule has 1 aliphatic rings. The van der Waals surface area contributed by atoms with Gasteiger partial charge in [-0.05, 0) is 38.0 Å². The number of fused-ring (bicyclic) bond motifs is 1. The predicted octanol–water partition coefficient (Wildman–Crippen LogP) is 3.01. The van der Waals surface area contributed by atoms with E-state index in [-0.39, 0.29) is 11.9 Å². The average Bonchev–Trinajstić information content (AvgIpc) is 3.11. The van der Waals surface area contributed by atoms with Crippen molar-refractivity contribution >= 4 is 22.6 Å². The number of aromatic nitrogens is 3. The summed E-state index contributed by atoms with van der Waals surface area (Å²) < 4.78 is 0. The van der Waals surface area contributed by atoms with Crippen LogP contribution in [0, 0.1) is 6.92 Å². The Hall–Kier alpha value is -2.89. The number of hydrogen-bond acceptors (Lipinski definition) is 4. The first-order valence-electron chi connectivity index (χ1n) is 9.02. The molecule has 6 nitrogen and oxygen atoms in total. The summed E-state index contributed by atoms with van der Waals surface area (Å²) in [5, 5.41) is 8.08. The first-order valence-corrected chi connectivity index (χ1v) is 9.02. The van der Waals surface area contributed by atoms with Crippen LogP contribution in [0.3, 0.4) is 0 Å². The Morgan fingerprint density at radius 3 is 2.92 bits per heavy atom. The number of rotatable bonds is 3. The van der Waals surface area contributed by atoms with E-state index in [2.05, 4.69) is 20.1 Å². The first kappa shape index (κ1) is 16.6. The number of nitrogens with zero attached hydrogens (tertiary/aromatic N) is 4. The zero-order valence-corrected chi connectivity index (χ0v) is 15.1. The number of likely N-dealkylation sites (N-methyl/N-ethyl adjacent to an activating group) is 1. The van der Waals surface area contributed by atoms with E-state index < -0.39 is 0 Å². The van der Waals surface area contributed by atoms with Crippen LogP contribution in [0.25, 0.3) is 10.9 Å². The van der Waals surface area contributed by atoms with Crippen molar-refractivity contribution < 1.29 is 4.79 Å². The van der Waals surface area contributed by atoms with Gasteiger partial charge < -0.3 is 9.80 Å². The Morgan fingerprint density at radius 1 is 1.23 bits per heavy atom. The van der Waals surface area contributed by atoms with Crippen LogP contribution in [0.2, 0.25) is 0 Å². The fraction of sp³-hybridized carbons (Fsp3) is 0.350. The average molecular weight is 349 g/mol. The first-order chi connectivity index (χ1) is 12.6. The molecule has 1 N–H and O–H groups in total. The predicted molar refractivity (Wildman–Crippen MR) is 102 cm³/mol. The van der Waals surface area contributed by atoms with E-state index in [0.29, 0.717) is 5.69 Å². The number of nitrogens with one attached hydrogen (secondary N) is 1. The van der Waals surface area contributed by atoms with Crippen LogP contribution in [-0.2, 0) is 0 Å². The second-order valence-corrected chi connectivity index (χ2v) is 6.91. The Labute approximate surface area is 152 Å². The van der Waals surface area contributed by atoms with Gasteiger partial charge in [-0.25, -0.2) is 4.98 Å². The molecule has 0 saturated carbocycles. The molecule has 0 radical (unpaired) electrons. The van der Waals surface area contributed by atoms with Crippen LogP contribution >= 0.6 is 0 Å². The summed E-state index contributed by atoms with van der Waals surface area (Å²) in [7, 11) is 1.88. The molecule has 3 heterocycles. The molecule has 1 aliphatic heterocycles. The third-order valence-electron chi connectivity index (χ3n) is 5.14. The van der Waals surface area contributed by atoms with Crippen molar-refractivity contribution in [2.75, 3.05) is 25.0 Å². The number of hydrogen-bond donors (Lipinski definition) is 1. The van der Waals surface area contributed by atoms with Gasteiger partial charge in [-0.2, -0.15) is 5.10 Å². The van der Waals surface area contributed by atoms with Crippen LogP contribution in [0.4, 0.5) is 5.82 Å². The number of anilines is 1. The molecule has 134 valence electrons. The summed E-state index contributed by atoms with van der Waals surface area (Å²) in [4.78, 5) is 21.8. The molecule has 4 rings (SSSR count). The smallest absolute Gasteiger partial charge is 0.275 e. The minimum absolute atomic E-state index is 0.0356. The van der Waals surface area contributed by atoms with Crippen LogP contribution in [0.15, 0.2) is 42.5 Å². The molecular weight excluding hydrogens is 326 g/mol. The van der Waals surface area contributed by atoms with Gasteiger partial charge in [-0.1, -0.05) is 24.3 Å². The zero-order chi connectivity index (χ0) is 18.1. The Kier molecular flexibility index (Phi) is 4.32. The highest BCUT2D eigenvalue weighted by Gasteiger charge is 2.29. The van der Waals surface area contributed by atoms with Crippen molar-refractivity contribution in [3.8, 4) is 0 Å². The molecule has 6 heteroatoms. The van der Waals surface area contributed by atoms with Crippen molar-refractivity contribution in [2.45, 2.75) is 25.8 Å². The molecular formula is C20H23N5O. The molecule has 1 atom stereocenters. The lowest BCUT2D eigenvalue weighted by atomic mass is 10.0. The van der Waals surface area contributed by atoms with Gasteiger partial charge in [0.05, 0.1) is 5.52 Å². The SMILES string of the molecule is Cc1cccc(N2CCC[C@H](N(C)C(=O)c3n[nH]c4ccccc34)C2)n1. The lowest BCUT2D eigenvalue weighted by Crippen LogP contribution is -2.49. The largest absolute Gasteiger partial charge is 0.355 e. The summed E-state index contributed by atoms with van der Waals surface area (Å²) in [6.45, 7) is 3.77. The number of carbonyl (C=O) groups is 1. The molecule has 1 saturated heterocycles. The number of benzene rings is 1. The Balaban J connectivity index is 1.54. The molecule has 2 aromatic heterocycles. The maximum absolute atomic E-state index is 13.0. The highest BCUT2D eigenvalue weighted by molar-refractivity contribution is 6.04. The molecule has 1 amide bonds. The lowest BCUT2D eigenvalue weighted by Gasteiger charge is -2.38. The number of pyridine rings is 1. The fourth-order valence-corrected chi connectivity index (χ4v) is 3.64. The lowest BCUT2D eigenvalue weighted by molar-refractivity contribution is 0.0713. The third kappa shape index (κ3) is 3.03. The van der Waals surface area contributed by atoms with Crippen molar-refractivity contribution in [3.05, 3.63) is 53.9 Å². The van der Waals surface area contributed by atoms with E-state index >= 15 is 0 Å². The summed E-state index contributed by atoms with van der Waals surface area (Å²) >= 11 is 0. The number of piperidine rings is 1. The number of carbonyl (C=O) groups excluding carboxylic acids is 1. The van der Waals surface area contributed by atoms with E-state index in [9.17, 15) is 4.79 Å². The number of H-pyrrole nitrogens is 1. The molecule has 0 unspecified atom stereocenters. The molecule has 26 heavy (non-hydrogen) atoms. The monoisotopic (exact) mass is 349 g/mol. The normalized spacial score (nSPS) is 17.5. The Bertz CT molecular complexity index is 935. The van der Waals surface area contributed by atoms with E-state index in [1.165, 1.54) is 0 Å². The summed E-state index contributed by atoms with van der Waals surface area (Å²) in [5.74, 6) is 0.951. The van der Waals surface area contributed by atoms with Gasteiger partial charge in [0.25, 0.3) is 5.91 Å². The summed E-state index contributed by atoms with van der Waals surface area (Å²) in [6.07, 6.45) is 2.03. The molecule has 0 aliphatic carbocycles. The van der Waals surface area contributed by atoms with Gasteiger partial charge in [-0.3, -0.25) is 9.89 Å². The number of aromatic amines is 1. The highest BCUT2D eigenvalue weighted by atomic mass is 16.2. The van der Waals surface area contributed by atoms with Gasteiger partial charge in [0, 0.05) is 37.3 Å². The quantitative estimate of drug-likeness (QED) is 0.789. The molecule has 3 aromatic rings. The molecule has 1 fully saturated rings. The maximum atomic E-state index is 13.0. The third-order valence-corrected chi connectivity index (χ3v) is 5.14. The zero-order valence-electron chi connectivity index (χ0n) is 15.1. The highest BCUT2D eigenvalue weighted by Crippen LogP contribution is 2.23. The standard InChI is InChI=1S/C20H23N5O/c1-14-7-5-11-18(21-14)25-12-6-8-15(13-25)24(2)20(26)19-16-9-3-4-10-17(16)22-23-19/h3-5,7,9-11,15H,6,8,12-13H2,1-2H3,(H,22,23)/t15-/m0/s1. The van der Waals surface area contributed by atoms with Gasteiger partial charge in [0.1, 0.15) is 5.82 Å². The van der Waals surface area contributed by atoms with Crippen molar-refractivity contribution in [1.82, 2.24) is 20.1 Å². The Morgan fingerprint density at radius 2 is 2.08 bits per heavy atom. The van der Waals surface area contributed by atoms with Crippen LogP contribution in [0.5, 0.6) is 0 Å². The minimum Gasteiger partial charge on any atom is -0.355 e. The second kappa shape index (κ2) is 6.78. The fourth-order valence-electron chi connectivity index (χ4n) is 3.64. The molecule has 0 bridgehead atoms. The van der Waals surface area contributed by atoms with Gasteiger partial charge in [0.2, 0.25) is 0 Å². The molecule has 1 aromatic carbocycles. The van der Waals surface area contributed by atoms with Gasteiger partial charge in [-0.15, -0.1) is 0 Å². The topological polar surface area (TPSA) is 65.1 Å². The van der Waals surface area contributed by atoms with Crippen molar-refractivity contribution in [2.24, 2.45) is 0 Å². The number of aryl methyl sites for hydroxylation is 1. The maximum Gasteiger partial charge on any atom is 0.275 e. The number of para-hydroxylation sites is 1. The van der Waals surface area contributed by atoms with Gasteiger partial charge in [0.15, 0.2) is 5.69 Å². The number of amides is 1. The van der Waals surface area contributed by atoms with E-state index in [1.54, 1.807) is 0 Å². The summed E-state index contributed by atoms with van der Waals surface area (Å²) in [5.41, 5.74) is 2.39. The van der Waals surface area contributed by atoms with Crippen molar-refractivity contribution in [3.63, 3.8) is 0 Å². The van der Waals surface area contributed by atoms with Crippen LogP contribution in [-0.4, -0.2) is 52.2 Å². The van der Waals surface area contributed by atoms with Crippen molar-refractivity contribution in [1.29, 1.82) is 0 Å². The van der Waals surface area contributed by atoms with Gasteiger partial charge >= 0.3 is 0 Å². The van der Waals surface area contributed by atoms with E-state index in [1.807, 2.05) is 61.3 Å². The van der Waals surface area contributed by atoms with Crippen LogP contribution < -0.4 is 4.90 Å². The molecule has 0 spiro atoms. The van der Waals surface area contributed by atoms with Crippen LogP contribution in [0.1, 0.15) is 29.0 Å². The van der Waals surface area contributed by atoms with E-state index in [4.69, 9.17) is 0 Å². The second-order valence-electron chi connectivity index (χ2n) is 6.91. The minimum atomic E-state index is -0.0356. The van der Waals surface area contributed by atoms with E-state index in [0.717, 1.165) is 48.3 Å². The summed E-state index contributed by atoms with van der Waals surface area (Å²) in [6, 6.07) is 14.0.